The van der Waals surface area contributed by atoms with Crippen LogP contribution < -0.4 is 5.32 Å². The van der Waals surface area contributed by atoms with Gasteiger partial charge in [0.2, 0.25) is 5.91 Å². The molecule has 8 nitrogen and oxygen atoms in total. The molecule has 0 rings (SSSR count). The summed E-state index contributed by atoms with van der Waals surface area (Å²) < 4.78 is 23.8. The van der Waals surface area contributed by atoms with Crippen LogP contribution in [0.4, 0.5) is 0 Å². The number of phosphoric ester groups is 1. The molecule has 0 bridgehead atoms. The molecule has 0 aliphatic rings. The number of nitrogens with one attached hydrogen (secondary N) is 1. The van der Waals surface area contributed by atoms with Gasteiger partial charge < -0.3 is 19.8 Å². The summed E-state index contributed by atoms with van der Waals surface area (Å²) in [5.74, 6) is -0.186. The highest BCUT2D eigenvalue weighted by Crippen LogP contribution is 2.43. The monoisotopic (exact) mass is 1140 g/mol. The molecule has 0 aliphatic carbocycles. The molecule has 9 heteroatoms. The molecule has 0 saturated heterocycles. The molecule has 0 radical (unpaired) electrons. The Morgan fingerprint density at radius 2 is 0.725 bits per heavy atom. The fourth-order valence-corrected chi connectivity index (χ4v) is 11.0. The van der Waals surface area contributed by atoms with Crippen LogP contribution in [0.2, 0.25) is 0 Å². The number of allylic oxidation sites excluding steroid dienone is 9. The SMILES string of the molecule is CCCCCCC/C=C\C/C=C\CCCCCCCCCCCCCCCCCCCCCCCCCC(=O)NC(COP(=O)(O)OCC[N+](C)(C)C)C(O)/C=C/CC/C=C/CC/C=C/CCCCCCCCCCCCCCC. The minimum atomic E-state index is -4.36. The summed E-state index contributed by atoms with van der Waals surface area (Å²) in [5, 5.41) is 14.0. The number of quaternary nitrogens is 1. The molecular weight excluding hydrogens is 1010 g/mol. The van der Waals surface area contributed by atoms with Gasteiger partial charge in [0.05, 0.1) is 39.9 Å². The molecular formula is C71H136N2O6P+. The van der Waals surface area contributed by atoms with Crippen molar-refractivity contribution in [1.29, 1.82) is 0 Å². The van der Waals surface area contributed by atoms with E-state index in [-0.39, 0.29) is 19.1 Å². The van der Waals surface area contributed by atoms with Crippen molar-refractivity contribution in [3.05, 3.63) is 60.8 Å². The average molecular weight is 1140 g/mol. The molecule has 0 aromatic carbocycles. The lowest BCUT2D eigenvalue weighted by molar-refractivity contribution is -0.870. The Labute approximate surface area is 498 Å². The molecule has 0 aliphatic heterocycles. The Morgan fingerprint density at radius 1 is 0.425 bits per heavy atom. The Hall–Kier alpha value is -1.80. The van der Waals surface area contributed by atoms with E-state index in [4.69, 9.17) is 9.05 Å². The van der Waals surface area contributed by atoms with Crippen molar-refractivity contribution in [2.45, 2.75) is 347 Å². The summed E-state index contributed by atoms with van der Waals surface area (Å²) >= 11 is 0. The second-order valence-corrected chi connectivity index (χ2v) is 26.3. The number of carbonyl (C=O) groups is 1. The first-order chi connectivity index (χ1) is 39.0. The van der Waals surface area contributed by atoms with Crippen molar-refractivity contribution < 1.29 is 32.9 Å². The fourth-order valence-electron chi connectivity index (χ4n) is 10.3. The van der Waals surface area contributed by atoms with Crippen LogP contribution in [0.1, 0.15) is 335 Å². The van der Waals surface area contributed by atoms with E-state index in [2.05, 4.69) is 67.8 Å². The van der Waals surface area contributed by atoms with E-state index in [0.717, 1.165) is 51.4 Å². The van der Waals surface area contributed by atoms with Gasteiger partial charge >= 0.3 is 7.82 Å². The van der Waals surface area contributed by atoms with Crippen LogP contribution in [0.25, 0.3) is 0 Å². The van der Waals surface area contributed by atoms with Gasteiger partial charge in [-0.2, -0.15) is 0 Å². The summed E-state index contributed by atoms with van der Waals surface area (Å²) in [6, 6.07) is -0.871. The first-order valence-corrected chi connectivity index (χ1v) is 36.2. The fraction of sp³-hybridized carbons (Fsp3) is 0.845. The summed E-state index contributed by atoms with van der Waals surface area (Å²) in [6.07, 6.45) is 85.2. The number of hydrogen-bond donors (Lipinski definition) is 3. The maximum atomic E-state index is 13.0. The normalized spacial score (nSPS) is 14.0. The van der Waals surface area contributed by atoms with Crippen LogP contribution in [0.5, 0.6) is 0 Å². The van der Waals surface area contributed by atoms with Crippen LogP contribution >= 0.6 is 7.82 Å². The zero-order chi connectivity index (χ0) is 58.4. The predicted molar refractivity (Wildman–Crippen MR) is 350 cm³/mol. The maximum absolute atomic E-state index is 13.0. The Bertz CT molecular complexity index is 1490. The van der Waals surface area contributed by atoms with E-state index in [1.54, 1.807) is 6.08 Å². The predicted octanol–water partition coefficient (Wildman–Crippen LogP) is 22.0. The second-order valence-electron chi connectivity index (χ2n) is 24.9. The Balaban J connectivity index is 4.06. The van der Waals surface area contributed by atoms with E-state index in [0.29, 0.717) is 17.4 Å². The highest BCUT2D eigenvalue weighted by molar-refractivity contribution is 7.47. The molecule has 3 atom stereocenters. The molecule has 3 unspecified atom stereocenters. The van der Waals surface area contributed by atoms with E-state index in [1.165, 1.54) is 263 Å². The van der Waals surface area contributed by atoms with Gasteiger partial charge in [-0.05, 0) is 77.0 Å². The quantitative estimate of drug-likeness (QED) is 0.0243. The molecule has 0 heterocycles. The summed E-state index contributed by atoms with van der Waals surface area (Å²) in [4.78, 5) is 23.4. The number of aliphatic hydroxyl groups is 1. The number of rotatable bonds is 64. The van der Waals surface area contributed by atoms with Gasteiger partial charge in [0.15, 0.2) is 0 Å². The first-order valence-electron chi connectivity index (χ1n) is 34.7. The third-order valence-corrected chi connectivity index (χ3v) is 16.7. The van der Waals surface area contributed by atoms with Gasteiger partial charge in [0.1, 0.15) is 13.2 Å². The van der Waals surface area contributed by atoms with Crippen molar-refractivity contribution >= 4 is 13.7 Å². The van der Waals surface area contributed by atoms with Crippen LogP contribution in [-0.2, 0) is 18.4 Å². The zero-order valence-electron chi connectivity index (χ0n) is 53.8. The van der Waals surface area contributed by atoms with Crippen LogP contribution in [0.15, 0.2) is 60.8 Å². The standard InChI is InChI=1S/C71H135N2O6P/c1-6-8-10-12-14-16-18-20-22-24-26-28-30-31-32-33-34-35-36-37-38-39-40-41-43-45-47-49-51-53-55-57-59-61-63-65-71(75)72-69(68-79-80(76,77)78-67-66-73(3,4)5)70(74)64-62-60-58-56-54-52-50-48-46-44-42-29-27-25-23-21-19-17-15-13-11-9-7-2/h18,20,24,26,46,48,54,56,62,64,69-70,74H,6-17,19,21-23,25,27-45,47,49-53,55,57-61,63,65-68H2,1-5H3,(H-,72,75,76,77)/p+1/b20-18-,26-24-,48-46+,56-54+,64-62+. The van der Waals surface area contributed by atoms with Crippen molar-refractivity contribution in [1.82, 2.24) is 5.32 Å². The summed E-state index contributed by atoms with van der Waals surface area (Å²) in [7, 11) is 1.56. The lowest BCUT2D eigenvalue weighted by Crippen LogP contribution is -2.45. The van der Waals surface area contributed by atoms with Gasteiger partial charge in [-0.25, -0.2) is 4.57 Å². The number of phosphoric acid groups is 1. The lowest BCUT2D eigenvalue weighted by Gasteiger charge is -2.25. The smallest absolute Gasteiger partial charge is 0.387 e. The Kier molecular flexibility index (Phi) is 60.4. The molecule has 0 spiro atoms. The van der Waals surface area contributed by atoms with E-state index in [1.807, 2.05) is 27.2 Å². The topological polar surface area (TPSA) is 105 Å². The molecule has 80 heavy (non-hydrogen) atoms. The average Bonchev–Trinajstić information content (AvgIpc) is 3.42. The van der Waals surface area contributed by atoms with Crippen molar-refractivity contribution in [2.24, 2.45) is 0 Å². The van der Waals surface area contributed by atoms with Gasteiger partial charge in [-0.1, -0.05) is 312 Å². The number of likely N-dealkylation sites (N-methyl/N-ethyl adjacent to an activating group) is 1. The Morgan fingerprint density at radius 3 is 1.07 bits per heavy atom. The van der Waals surface area contributed by atoms with E-state index >= 15 is 0 Å². The molecule has 470 valence electrons. The largest absolute Gasteiger partial charge is 0.472 e. The molecule has 0 aromatic heterocycles. The highest BCUT2D eigenvalue weighted by Gasteiger charge is 2.28. The minimum Gasteiger partial charge on any atom is -0.387 e. The summed E-state index contributed by atoms with van der Waals surface area (Å²) in [5.41, 5.74) is 0. The highest BCUT2D eigenvalue weighted by atomic mass is 31.2. The van der Waals surface area contributed by atoms with Crippen molar-refractivity contribution in [3.63, 3.8) is 0 Å². The van der Waals surface area contributed by atoms with Crippen molar-refractivity contribution in [3.8, 4) is 0 Å². The zero-order valence-corrected chi connectivity index (χ0v) is 54.7. The third-order valence-electron chi connectivity index (χ3n) is 15.7. The number of unbranched alkanes of at least 4 members (excludes halogenated alkanes) is 43. The van der Waals surface area contributed by atoms with E-state index in [9.17, 15) is 19.4 Å². The number of nitrogens with zero attached hydrogens (tertiary/aromatic N) is 1. The first kappa shape index (κ1) is 78.2. The number of amides is 1. The number of carbonyl (C=O) groups excluding carboxylic acids is 1. The third kappa shape index (κ3) is 63.8. The van der Waals surface area contributed by atoms with Gasteiger partial charge in [-0.15, -0.1) is 0 Å². The van der Waals surface area contributed by atoms with Crippen LogP contribution in [-0.4, -0.2) is 73.4 Å². The van der Waals surface area contributed by atoms with Crippen molar-refractivity contribution in [2.75, 3.05) is 40.9 Å². The number of aliphatic hydroxyl groups excluding tert-OH is 1. The molecule has 1 amide bonds. The second kappa shape index (κ2) is 61.8. The van der Waals surface area contributed by atoms with Gasteiger partial charge in [0, 0.05) is 6.42 Å². The van der Waals surface area contributed by atoms with Gasteiger partial charge in [-0.3, -0.25) is 13.8 Å². The van der Waals surface area contributed by atoms with E-state index < -0.39 is 20.0 Å². The molecule has 0 aromatic rings. The molecule has 3 N–H and O–H groups in total. The summed E-state index contributed by atoms with van der Waals surface area (Å²) in [6.45, 7) is 4.82. The van der Waals surface area contributed by atoms with Gasteiger partial charge in [0.25, 0.3) is 0 Å². The minimum absolute atomic E-state index is 0.0538. The number of hydrogen-bond acceptors (Lipinski definition) is 5. The van der Waals surface area contributed by atoms with Crippen LogP contribution in [0.3, 0.4) is 0 Å². The molecule has 0 saturated carbocycles. The lowest BCUT2D eigenvalue weighted by atomic mass is 10.0. The maximum Gasteiger partial charge on any atom is 0.472 e. The van der Waals surface area contributed by atoms with Crippen LogP contribution in [0, 0.1) is 0 Å². The molecule has 0 fully saturated rings.